The normalized spacial score (nSPS) is 10.1. The Balaban J connectivity index is 2.50. The van der Waals surface area contributed by atoms with Crippen molar-refractivity contribution in [3.8, 4) is 11.6 Å². The van der Waals surface area contributed by atoms with Gasteiger partial charge in [0, 0.05) is 12.3 Å². The molecule has 0 fully saturated rings. The lowest BCUT2D eigenvalue weighted by Crippen LogP contribution is -2.01. The molecule has 4 nitrogen and oxygen atoms in total. The van der Waals surface area contributed by atoms with Gasteiger partial charge in [-0.15, -0.1) is 0 Å². The summed E-state index contributed by atoms with van der Waals surface area (Å²) in [6, 6.07) is 5.35. The average molecular weight is 253 g/mol. The maximum atomic E-state index is 5.15. The summed E-state index contributed by atoms with van der Waals surface area (Å²) >= 11 is 3.24. The van der Waals surface area contributed by atoms with Crippen LogP contribution in [0.3, 0.4) is 0 Å². The van der Waals surface area contributed by atoms with Crippen LogP contribution in [0.15, 0.2) is 29.0 Å². The van der Waals surface area contributed by atoms with E-state index in [4.69, 9.17) is 4.74 Å². The number of pyridine rings is 1. The predicted molar refractivity (Wildman–Crippen MR) is 54.4 cm³/mol. The fourth-order valence-corrected chi connectivity index (χ4v) is 1.34. The molecule has 0 aromatic carbocycles. The highest BCUT2D eigenvalue weighted by Crippen LogP contribution is 2.19. The molecule has 2 aromatic rings. The van der Waals surface area contributed by atoms with Gasteiger partial charge in [0.1, 0.15) is 4.60 Å². The third-order valence-corrected chi connectivity index (χ3v) is 2.06. The number of ether oxygens (including phenoxy) is 1. The Labute approximate surface area is 89.7 Å². The molecule has 14 heavy (non-hydrogen) atoms. The molecule has 2 heterocycles. The molecule has 5 heteroatoms. The van der Waals surface area contributed by atoms with Crippen molar-refractivity contribution in [3.63, 3.8) is 0 Å². The van der Waals surface area contributed by atoms with Gasteiger partial charge >= 0.3 is 0 Å². The second kappa shape index (κ2) is 3.79. The lowest BCUT2D eigenvalue weighted by molar-refractivity contribution is 0.409. The largest absolute Gasteiger partial charge is 0.493 e. The molecule has 0 aliphatic heterocycles. The van der Waals surface area contributed by atoms with E-state index in [-0.39, 0.29) is 0 Å². The molecule has 0 saturated heterocycles. The van der Waals surface area contributed by atoms with E-state index in [0.29, 0.717) is 16.2 Å². The molecule has 0 aliphatic rings. The van der Waals surface area contributed by atoms with Crippen molar-refractivity contribution in [2.45, 2.75) is 0 Å². The van der Waals surface area contributed by atoms with E-state index >= 15 is 0 Å². The van der Waals surface area contributed by atoms with E-state index in [0.717, 1.165) is 0 Å². The number of aromatic nitrogens is 3. The van der Waals surface area contributed by atoms with Crippen LogP contribution in [0, 0.1) is 6.20 Å². The first-order chi connectivity index (χ1) is 6.81. The van der Waals surface area contributed by atoms with Crippen LogP contribution in [0.5, 0.6) is 5.75 Å². The standard InChI is InChI=1S/C9H7BrN3O/c1-14-7-3-2-5-11-9(7)13-6-4-8(10)12-13/h2-5H,1H3. The van der Waals surface area contributed by atoms with Crippen molar-refractivity contribution in [3.05, 3.63) is 35.2 Å². The van der Waals surface area contributed by atoms with E-state index in [1.165, 1.54) is 4.68 Å². The Kier molecular flexibility index (Phi) is 2.49. The van der Waals surface area contributed by atoms with Crippen LogP contribution < -0.4 is 4.74 Å². The van der Waals surface area contributed by atoms with Gasteiger partial charge < -0.3 is 4.74 Å². The van der Waals surface area contributed by atoms with Gasteiger partial charge in [0.05, 0.1) is 13.3 Å². The Morgan fingerprint density at radius 2 is 2.43 bits per heavy atom. The van der Waals surface area contributed by atoms with E-state index in [2.05, 4.69) is 32.2 Å². The number of halogens is 1. The van der Waals surface area contributed by atoms with Gasteiger partial charge in [0.15, 0.2) is 11.6 Å². The number of rotatable bonds is 2. The van der Waals surface area contributed by atoms with Crippen molar-refractivity contribution in [2.24, 2.45) is 0 Å². The zero-order valence-corrected chi connectivity index (χ0v) is 9.02. The summed E-state index contributed by atoms with van der Waals surface area (Å²) in [5.74, 6) is 1.29. The quantitative estimate of drug-likeness (QED) is 0.819. The van der Waals surface area contributed by atoms with Crippen LogP contribution in [0.25, 0.3) is 5.82 Å². The number of hydrogen-bond acceptors (Lipinski definition) is 3. The van der Waals surface area contributed by atoms with E-state index < -0.39 is 0 Å². The van der Waals surface area contributed by atoms with E-state index in [1.807, 2.05) is 6.07 Å². The van der Waals surface area contributed by atoms with E-state index in [9.17, 15) is 0 Å². The smallest absolute Gasteiger partial charge is 0.196 e. The molecule has 0 N–H and O–H groups in total. The Hall–Kier alpha value is -1.36. The summed E-state index contributed by atoms with van der Waals surface area (Å²) in [6.07, 6.45) is 4.59. The number of hydrogen-bond donors (Lipinski definition) is 0. The highest BCUT2D eigenvalue weighted by molar-refractivity contribution is 9.10. The van der Waals surface area contributed by atoms with Gasteiger partial charge in [-0.3, -0.25) is 0 Å². The summed E-state index contributed by atoms with van der Waals surface area (Å²) in [5, 5.41) is 4.12. The summed E-state index contributed by atoms with van der Waals surface area (Å²) in [7, 11) is 1.60. The minimum atomic E-state index is 0.626. The second-order valence-corrected chi connectivity index (χ2v) is 3.35. The molecule has 0 saturated carbocycles. The molecular weight excluding hydrogens is 246 g/mol. The second-order valence-electron chi connectivity index (χ2n) is 2.54. The zero-order chi connectivity index (χ0) is 9.97. The first-order valence-corrected chi connectivity index (χ1v) is 4.73. The van der Waals surface area contributed by atoms with Gasteiger partial charge in [0.25, 0.3) is 0 Å². The van der Waals surface area contributed by atoms with Crippen LogP contribution in [-0.2, 0) is 0 Å². The SMILES string of the molecule is COc1cccnc1-n1[c]cc(Br)n1. The Morgan fingerprint density at radius 3 is 3.07 bits per heavy atom. The number of methoxy groups -OCH3 is 1. The topological polar surface area (TPSA) is 39.9 Å². The summed E-state index contributed by atoms with van der Waals surface area (Å²) in [6.45, 7) is 0. The van der Waals surface area contributed by atoms with Gasteiger partial charge in [-0.1, -0.05) is 0 Å². The first kappa shape index (κ1) is 9.21. The average Bonchev–Trinajstić information content (AvgIpc) is 2.65. The van der Waals surface area contributed by atoms with Crippen LogP contribution in [0.2, 0.25) is 0 Å². The Morgan fingerprint density at radius 1 is 1.57 bits per heavy atom. The summed E-state index contributed by atoms with van der Waals surface area (Å²) < 4.78 is 7.39. The van der Waals surface area contributed by atoms with Crippen LogP contribution in [0.4, 0.5) is 0 Å². The first-order valence-electron chi connectivity index (χ1n) is 3.94. The molecule has 0 spiro atoms. The molecule has 2 aromatic heterocycles. The van der Waals surface area contributed by atoms with Crippen LogP contribution in [-0.4, -0.2) is 21.9 Å². The van der Waals surface area contributed by atoms with Crippen molar-refractivity contribution >= 4 is 15.9 Å². The van der Waals surface area contributed by atoms with Crippen molar-refractivity contribution in [2.75, 3.05) is 7.11 Å². The molecular formula is C9H7BrN3O. The van der Waals surface area contributed by atoms with Crippen molar-refractivity contribution < 1.29 is 4.74 Å². The lowest BCUT2D eigenvalue weighted by Gasteiger charge is -2.05. The van der Waals surface area contributed by atoms with Crippen LogP contribution in [0.1, 0.15) is 0 Å². The molecule has 0 bridgehead atoms. The monoisotopic (exact) mass is 252 g/mol. The zero-order valence-electron chi connectivity index (χ0n) is 7.44. The molecule has 0 amide bonds. The maximum absolute atomic E-state index is 5.15. The van der Waals surface area contributed by atoms with Gasteiger partial charge in [-0.05, 0) is 28.1 Å². The number of nitrogens with zero attached hydrogens (tertiary/aromatic N) is 3. The molecule has 0 aliphatic carbocycles. The fourth-order valence-electron chi connectivity index (χ4n) is 1.08. The van der Waals surface area contributed by atoms with Crippen LogP contribution >= 0.6 is 15.9 Å². The van der Waals surface area contributed by atoms with Crippen molar-refractivity contribution in [1.29, 1.82) is 0 Å². The molecule has 0 unspecified atom stereocenters. The van der Waals surface area contributed by atoms with Gasteiger partial charge in [-0.2, -0.15) is 5.10 Å². The summed E-state index contributed by atoms with van der Waals surface area (Å²) in [5.41, 5.74) is 0. The minimum Gasteiger partial charge on any atom is -0.493 e. The van der Waals surface area contributed by atoms with E-state index in [1.54, 1.807) is 25.4 Å². The predicted octanol–water partition coefficient (Wildman–Crippen LogP) is 1.84. The third kappa shape index (κ3) is 1.63. The molecule has 71 valence electrons. The maximum Gasteiger partial charge on any atom is 0.196 e. The fraction of sp³-hybridized carbons (Fsp3) is 0.111. The third-order valence-electron chi connectivity index (χ3n) is 1.67. The highest BCUT2D eigenvalue weighted by atomic mass is 79.9. The highest BCUT2D eigenvalue weighted by Gasteiger charge is 2.06. The lowest BCUT2D eigenvalue weighted by atomic mass is 10.4. The minimum absolute atomic E-state index is 0.626. The molecule has 1 radical (unpaired) electrons. The van der Waals surface area contributed by atoms with Crippen molar-refractivity contribution in [1.82, 2.24) is 14.8 Å². The van der Waals surface area contributed by atoms with Gasteiger partial charge in [0.2, 0.25) is 0 Å². The Bertz CT molecular complexity index is 441. The molecule has 2 rings (SSSR count). The van der Waals surface area contributed by atoms with Gasteiger partial charge in [-0.25, -0.2) is 9.67 Å². The molecule has 0 atom stereocenters. The summed E-state index contributed by atoms with van der Waals surface area (Å²) in [4.78, 5) is 4.16.